The van der Waals surface area contributed by atoms with E-state index in [9.17, 15) is 9.59 Å². The second-order valence-electron chi connectivity index (χ2n) is 9.58. The molecule has 2 aromatic rings. The normalized spacial score (nSPS) is 22.3. The molecule has 34 heavy (non-hydrogen) atoms. The Labute approximate surface area is 202 Å². The van der Waals surface area contributed by atoms with Gasteiger partial charge in [0.05, 0.1) is 5.92 Å². The molecule has 7 heteroatoms. The minimum atomic E-state index is -0.110. The highest BCUT2D eigenvalue weighted by Gasteiger charge is 2.39. The quantitative estimate of drug-likeness (QED) is 0.728. The van der Waals surface area contributed by atoms with Gasteiger partial charge in [-0.05, 0) is 56.0 Å². The second kappa shape index (κ2) is 12.0. The van der Waals surface area contributed by atoms with Crippen molar-refractivity contribution in [1.82, 2.24) is 25.4 Å². The topological polar surface area (TPSA) is 77.6 Å². The number of pyridine rings is 1. The lowest BCUT2D eigenvalue weighted by Crippen LogP contribution is -2.58. The van der Waals surface area contributed by atoms with Crippen molar-refractivity contribution in [3.05, 3.63) is 65.5 Å². The number of carbonyl (C=O) groups is 2. The van der Waals surface area contributed by atoms with E-state index >= 15 is 0 Å². The molecular weight excluding hydrogens is 426 g/mol. The summed E-state index contributed by atoms with van der Waals surface area (Å²) in [6.07, 6.45) is 8.73. The third-order valence-electron chi connectivity index (χ3n) is 7.05. The highest BCUT2D eigenvalue weighted by atomic mass is 16.2. The van der Waals surface area contributed by atoms with Gasteiger partial charge in [-0.1, -0.05) is 42.7 Å². The zero-order valence-corrected chi connectivity index (χ0v) is 20.2. The third kappa shape index (κ3) is 6.56. The molecule has 0 aliphatic carbocycles. The molecule has 2 aliphatic rings. The van der Waals surface area contributed by atoms with Crippen molar-refractivity contribution >= 4 is 11.9 Å². The van der Waals surface area contributed by atoms with Crippen LogP contribution in [0.1, 0.15) is 48.8 Å². The fourth-order valence-corrected chi connectivity index (χ4v) is 5.01. The third-order valence-corrected chi connectivity index (χ3v) is 7.05. The Bertz CT molecular complexity index is 934. The summed E-state index contributed by atoms with van der Waals surface area (Å²) >= 11 is 0. The lowest BCUT2D eigenvalue weighted by atomic mass is 9.89. The maximum absolute atomic E-state index is 13.1. The summed E-state index contributed by atoms with van der Waals surface area (Å²) in [5.74, 6) is 0.0208. The van der Waals surface area contributed by atoms with E-state index in [4.69, 9.17) is 0 Å². The molecule has 4 rings (SSSR count). The Morgan fingerprint density at radius 1 is 1.03 bits per heavy atom. The molecular formula is C27H37N5O2. The van der Waals surface area contributed by atoms with Gasteiger partial charge in [0, 0.05) is 51.2 Å². The lowest BCUT2D eigenvalue weighted by Gasteiger charge is -2.43. The number of benzene rings is 1. The molecule has 1 aromatic carbocycles. The van der Waals surface area contributed by atoms with Crippen LogP contribution >= 0.6 is 0 Å². The van der Waals surface area contributed by atoms with Gasteiger partial charge in [0.1, 0.15) is 0 Å². The van der Waals surface area contributed by atoms with Crippen LogP contribution in [0.3, 0.4) is 0 Å². The highest BCUT2D eigenvalue weighted by molar-refractivity contribution is 5.80. The number of piperidine rings is 1. The van der Waals surface area contributed by atoms with Crippen LogP contribution in [0.25, 0.3) is 0 Å². The molecule has 2 N–H and O–H groups in total. The van der Waals surface area contributed by atoms with Crippen molar-refractivity contribution in [3.63, 3.8) is 0 Å². The van der Waals surface area contributed by atoms with Crippen molar-refractivity contribution < 1.29 is 9.59 Å². The highest BCUT2D eigenvalue weighted by Crippen LogP contribution is 2.26. The largest absolute Gasteiger partial charge is 0.356 e. The molecule has 2 fully saturated rings. The molecule has 3 amide bonds. The molecule has 0 unspecified atom stereocenters. The van der Waals surface area contributed by atoms with Gasteiger partial charge in [-0.2, -0.15) is 0 Å². The molecule has 2 aliphatic heterocycles. The van der Waals surface area contributed by atoms with Crippen molar-refractivity contribution in [2.75, 3.05) is 26.2 Å². The first-order chi connectivity index (χ1) is 16.6. The van der Waals surface area contributed by atoms with E-state index in [0.717, 1.165) is 50.9 Å². The number of aromatic nitrogens is 1. The van der Waals surface area contributed by atoms with Crippen molar-refractivity contribution in [3.8, 4) is 0 Å². The molecule has 0 spiro atoms. The van der Waals surface area contributed by atoms with Crippen molar-refractivity contribution in [1.29, 1.82) is 0 Å². The van der Waals surface area contributed by atoms with Gasteiger partial charge < -0.3 is 15.5 Å². The summed E-state index contributed by atoms with van der Waals surface area (Å²) in [6, 6.07) is 12.2. The molecule has 2 atom stereocenters. The smallest absolute Gasteiger partial charge is 0.317 e. The van der Waals surface area contributed by atoms with Crippen LogP contribution in [-0.4, -0.2) is 58.9 Å². The minimum Gasteiger partial charge on any atom is -0.356 e. The van der Waals surface area contributed by atoms with Gasteiger partial charge in [-0.3, -0.25) is 14.7 Å². The molecule has 1 aromatic heterocycles. The number of urea groups is 1. The fraction of sp³-hybridized carbons (Fsp3) is 0.519. The average Bonchev–Trinajstić information content (AvgIpc) is 2.89. The molecule has 182 valence electrons. The van der Waals surface area contributed by atoms with E-state index in [1.54, 1.807) is 0 Å². The standard InChI is InChI=1S/C27H37N5O2/c1-21-6-8-22(9-7-21)18-30-27(34)32-17-12-24-25(20-32)31(19-23-10-14-28-15-11-23)16-5-3-2-4-13-29-26(24)33/h6-11,14-15,24-25H,2-5,12-13,16-20H2,1H3,(H,29,33)(H,30,34)/t24-,25+/m0/s1. The summed E-state index contributed by atoms with van der Waals surface area (Å²) in [5, 5.41) is 6.24. The van der Waals surface area contributed by atoms with E-state index in [0.29, 0.717) is 26.1 Å². The number of amides is 3. The van der Waals surface area contributed by atoms with Crippen molar-refractivity contribution in [2.24, 2.45) is 5.92 Å². The Morgan fingerprint density at radius 3 is 2.59 bits per heavy atom. The first-order valence-corrected chi connectivity index (χ1v) is 12.6. The number of likely N-dealkylation sites (tertiary alicyclic amines) is 1. The number of hydrogen-bond donors (Lipinski definition) is 2. The van der Waals surface area contributed by atoms with Crippen LogP contribution in [-0.2, 0) is 17.9 Å². The predicted octanol–water partition coefficient (Wildman–Crippen LogP) is 3.48. The molecule has 0 radical (unpaired) electrons. The minimum absolute atomic E-state index is 0.00913. The monoisotopic (exact) mass is 463 g/mol. The fourth-order valence-electron chi connectivity index (χ4n) is 5.01. The van der Waals surface area contributed by atoms with E-state index in [1.807, 2.05) is 41.6 Å². The number of nitrogens with one attached hydrogen (secondary N) is 2. The average molecular weight is 464 g/mol. The molecule has 0 bridgehead atoms. The number of carbonyl (C=O) groups excluding carboxylic acids is 2. The Hall–Kier alpha value is -2.93. The van der Waals surface area contributed by atoms with E-state index in [-0.39, 0.29) is 23.9 Å². The number of fused-ring (bicyclic) bond motifs is 1. The summed E-state index contributed by atoms with van der Waals surface area (Å²) < 4.78 is 0. The zero-order valence-electron chi connectivity index (χ0n) is 20.2. The van der Waals surface area contributed by atoms with E-state index < -0.39 is 0 Å². The van der Waals surface area contributed by atoms with Crippen LogP contribution in [0.15, 0.2) is 48.8 Å². The van der Waals surface area contributed by atoms with Crippen molar-refractivity contribution in [2.45, 2.75) is 58.2 Å². The van der Waals surface area contributed by atoms with E-state index in [1.165, 1.54) is 11.1 Å². The van der Waals surface area contributed by atoms with Crippen LogP contribution in [0.4, 0.5) is 4.79 Å². The first kappa shape index (κ1) is 24.2. The zero-order chi connectivity index (χ0) is 23.8. The van der Waals surface area contributed by atoms with Gasteiger partial charge in [-0.15, -0.1) is 0 Å². The number of rotatable bonds is 4. The van der Waals surface area contributed by atoms with Crippen LogP contribution < -0.4 is 10.6 Å². The van der Waals surface area contributed by atoms with Gasteiger partial charge in [0.25, 0.3) is 0 Å². The summed E-state index contributed by atoms with van der Waals surface area (Å²) in [6.45, 7) is 6.14. The Kier molecular flexibility index (Phi) is 8.52. The van der Waals surface area contributed by atoms with E-state index in [2.05, 4.69) is 39.6 Å². The van der Waals surface area contributed by atoms with Crippen LogP contribution in [0, 0.1) is 12.8 Å². The Morgan fingerprint density at radius 2 is 1.79 bits per heavy atom. The summed E-state index contributed by atoms with van der Waals surface area (Å²) in [7, 11) is 0. The number of aryl methyl sites for hydroxylation is 1. The summed E-state index contributed by atoms with van der Waals surface area (Å²) in [5.41, 5.74) is 3.48. The molecule has 3 heterocycles. The van der Waals surface area contributed by atoms with Gasteiger partial charge in [0.2, 0.25) is 5.91 Å². The summed E-state index contributed by atoms with van der Waals surface area (Å²) in [4.78, 5) is 34.7. The first-order valence-electron chi connectivity index (χ1n) is 12.6. The number of nitrogens with zero attached hydrogens (tertiary/aromatic N) is 3. The SMILES string of the molecule is Cc1ccc(CNC(=O)N2CC[C@@H]3C(=O)NCCCCCCN(Cc4ccncc4)[C@@H]3C2)cc1. The second-order valence-corrected chi connectivity index (χ2v) is 9.58. The van der Waals surface area contributed by atoms with Crippen LogP contribution in [0.5, 0.6) is 0 Å². The molecule has 7 nitrogen and oxygen atoms in total. The molecule has 0 saturated carbocycles. The van der Waals surface area contributed by atoms with Gasteiger partial charge in [0.15, 0.2) is 0 Å². The maximum atomic E-state index is 13.1. The Balaban J connectivity index is 1.48. The van der Waals surface area contributed by atoms with Crippen LogP contribution in [0.2, 0.25) is 0 Å². The van der Waals surface area contributed by atoms with Gasteiger partial charge >= 0.3 is 6.03 Å². The van der Waals surface area contributed by atoms with Gasteiger partial charge in [-0.25, -0.2) is 4.79 Å². The maximum Gasteiger partial charge on any atom is 0.317 e. The predicted molar refractivity (Wildman–Crippen MR) is 133 cm³/mol. The lowest BCUT2D eigenvalue weighted by molar-refractivity contribution is -0.129. The molecule has 2 saturated heterocycles. The number of hydrogen-bond acceptors (Lipinski definition) is 4.